The van der Waals surface area contributed by atoms with Crippen LogP contribution in [0.4, 0.5) is 0 Å². The maximum absolute atomic E-state index is 12.2. The molecule has 0 bridgehead atoms. The van der Waals surface area contributed by atoms with Crippen LogP contribution >= 0.6 is 57.3 Å². The van der Waals surface area contributed by atoms with Crippen molar-refractivity contribution in [2.75, 3.05) is 6.26 Å². The molecule has 1 aromatic carbocycles. The van der Waals surface area contributed by atoms with E-state index < -0.39 is 10.0 Å². The van der Waals surface area contributed by atoms with Crippen LogP contribution in [0, 0.1) is 3.57 Å². The summed E-state index contributed by atoms with van der Waals surface area (Å²) in [6, 6.07) is 8.63. The molecular weight excluding hydrogens is 449 g/mol. The molecule has 1 aromatic heterocycles. The fourth-order valence-electron chi connectivity index (χ4n) is 1.46. The molecule has 0 radical (unpaired) electrons. The topological polar surface area (TPSA) is 46.2 Å². The molecule has 3 nitrogen and oxygen atoms in total. The standard InChI is InChI=1S/C12H11ClINO2S3/c1-18-12-5-2-8(19-12)7-15-20(16,17)9-3-4-11(14)10(13)6-9/h2-6,15H,7H2,1H3. The minimum absolute atomic E-state index is 0.185. The number of hydrogen-bond acceptors (Lipinski definition) is 4. The minimum atomic E-state index is -3.53. The Morgan fingerprint density at radius 1 is 1.35 bits per heavy atom. The number of thiophene rings is 1. The van der Waals surface area contributed by atoms with Crippen molar-refractivity contribution in [3.05, 3.63) is 43.8 Å². The second-order valence-corrected chi connectivity index (χ2v) is 9.44. The zero-order valence-electron chi connectivity index (χ0n) is 10.4. The van der Waals surface area contributed by atoms with Gasteiger partial charge in [0.15, 0.2) is 0 Å². The lowest BCUT2D eigenvalue weighted by Crippen LogP contribution is -2.22. The first-order chi connectivity index (χ1) is 9.42. The highest BCUT2D eigenvalue weighted by atomic mass is 127. The Bertz CT molecular complexity index is 715. The first-order valence-corrected chi connectivity index (χ1v) is 10.5. The van der Waals surface area contributed by atoms with Gasteiger partial charge in [-0.15, -0.1) is 23.1 Å². The lowest BCUT2D eigenvalue weighted by molar-refractivity contribution is 0.582. The highest BCUT2D eigenvalue weighted by molar-refractivity contribution is 14.1. The predicted molar refractivity (Wildman–Crippen MR) is 94.3 cm³/mol. The van der Waals surface area contributed by atoms with E-state index in [9.17, 15) is 8.42 Å². The molecule has 8 heteroatoms. The number of nitrogens with one attached hydrogen (secondary N) is 1. The van der Waals surface area contributed by atoms with Crippen LogP contribution in [0.3, 0.4) is 0 Å². The molecule has 0 unspecified atom stereocenters. The van der Waals surface area contributed by atoms with Crippen molar-refractivity contribution in [2.45, 2.75) is 15.6 Å². The van der Waals surface area contributed by atoms with Gasteiger partial charge in [-0.05, 0) is 59.2 Å². The van der Waals surface area contributed by atoms with Gasteiger partial charge in [0.25, 0.3) is 0 Å². The third-order valence-corrected chi connectivity index (χ3v) is 7.62. The Balaban J connectivity index is 2.12. The van der Waals surface area contributed by atoms with E-state index in [1.165, 1.54) is 6.07 Å². The Labute approximate surface area is 145 Å². The summed E-state index contributed by atoms with van der Waals surface area (Å²) in [6.45, 7) is 0.289. The van der Waals surface area contributed by atoms with Gasteiger partial charge >= 0.3 is 0 Å². The highest BCUT2D eigenvalue weighted by Crippen LogP contribution is 2.26. The van der Waals surface area contributed by atoms with Gasteiger partial charge in [0, 0.05) is 15.0 Å². The zero-order chi connectivity index (χ0) is 14.8. The van der Waals surface area contributed by atoms with Crippen LogP contribution in [0.15, 0.2) is 39.4 Å². The molecule has 2 aromatic rings. The lowest BCUT2D eigenvalue weighted by Gasteiger charge is -2.06. The Hall–Kier alpha value is 0.200. The number of thioether (sulfide) groups is 1. The van der Waals surface area contributed by atoms with E-state index in [1.807, 2.05) is 18.4 Å². The number of hydrogen-bond donors (Lipinski definition) is 1. The molecule has 0 fully saturated rings. The molecule has 2 rings (SSSR count). The minimum Gasteiger partial charge on any atom is -0.207 e. The van der Waals surface area contributed by atoms with Crippen molar-refractivity contribution in [1.82, 2.24) is 4.72 Å². The summed E-state index contributed by atoms with van der Waals surface area (Å²) in [5.41, 5.74) is 0. The first kappa shape index (κ1) is 16.6. The van der Waals surface area contributed by atoms with Gasteiger partial charge in [-0.25, -0.2) is 13.1 Å². The molecular formula is C12H11ClINO2S3. The molecule has 0 atom stereocenters. The summed E-state index contributed by atoms with van der Waals surface area (Å²) in [5.74, 6) is 0. The summed E-state index contributed by atoms with van der Waals surface area (Å²) in [4.78, 5) is 1.17. The third-order valence-electron chi connectivity index (χ3n) is 2.48. The first-order valence-electron chi connectivity index (χ1n) is 5.50. The quantitative estimate of drug-likeness (QED) is 0.538. The summed E-state index contributed by atoms with van der Waals surface area (Å²) in [7, 11) is -3.53. The normalized spacial score (nSPS) is 11.8. The molecule has 0 aliphatic heterocycles. The monoisotopic (exact) mass is 459 g/mol. The number of halogens is 2. The van der Waals surface area contributed by atoms with Crippen LogP contribution in [-0.4, -0.2) is 14.7 Å². The van der Waals surface area contributed by atoms with Crippen molar-refractivity contribution in [2.24, 2.45) is 0 Å². The fourth-order valence-corrected chi connectivity index (χ4v) is 4.69. The molecule has 0 amide bonds. The van der Waals surface area contributed by atoms with E-state index >= 15 is 0 Å². The Morgan fingerprint density at radius 3 is 2.70 bits per heavy atom. The van der Waals surface area contributed by atoms with Crippen LogP contribution in [0.1, 0.15) is 4.88 Å². The van der Waals surface area contributed by atoms with Crippen molar-refractivity contribution in [3.8, 4) is 0 Å². The van der Waals surface area contributed by atoms with Gasteiger partial charge in [0.2, 0.25) is 10.0 Å². The molecule has 0 aliphatic carbocycles. The fraction of sp³-hybridized carbons (Fsp3) is 0.167. The molecule has 0 saturated carbocycles. The third kappa shape index (κ3) is 4.11. The summed E-state index contributed by atoms with van der Waals surface area (Å²) in [5, 5.41) is 0.439. The van der Waals surface area contributed by atoms with Crippen molar-refractivity contribution < 1.29 is 8.42 Å². The van der Waals surface area contributed by atoms with E-state index in [1.54, 1.807) is 35.2 Å². The summed E-state index contributed by atoms with van der Waals surface area (Å²) < 4.78 is 28.9. The largest absolute Gasteiger partial charge is 0.240 e. The van der Waals surface area contributed by atoms with Gasteiger partial charge in [-0.3, -0.25) is 0 Å². The average molecular weight is 460 g/mol. The van der Waals surface area contributed by atoms with Crippen LogP contribution in [-0.2, 0) is 16.6 Å². The zero-order valence-corrected chi connectivity index (χ0v) is 15.8. The van der Waals surface area contributed by atoms with E-state index in [4.69, 9.17) is 11.6 Å². The van der Waals surface area contributed by atoms with E-state index in [0.717, 1.165) is 12.7 Å². The number of sulfonamides is 1. The van der Waals surface area contributed by atoms with Gasteiger partial charge in [-0.1, -0.05) is 11.6 Å². The molecule has 0 spiro atoms. The van der Waals surface area contributed by atoms with Crippen LogP contribution in [0.25, 0.3) is 0 Å². The van der Waals surface area contributed by atoms with E-state index in [0.29, 0.717) is 5.02 Å². The molecule has 0 aliphatic rings. The van der Waals surface area contributed by atoms with Crippen molar-refractivity contribution in [3.63, 3.8) is 0 Å². The van der Waals surface area contributed by atoms with Gasteiger partial charge in [0.1, 0.15) is 0 Å². The smallest absolute Gasteiger partial charge is 0.207 e. The van der Waals surface area contributed by atoms with Gasteiger partial charge in [-0.2, -0.15) is 0 Å². The average Bonchev–Trinajstić information content (AvgIpc) is 2.87. The molecule has 0 saturated heterocycles. The maximum Gasteiger partial charge on any atom is 0.240 e. The van der Waals surface area contributed by atoms with Gasteiger partial charge < -0.3 is 0 Å². The van der Waals surface area contributed by atoms with E-state index in [-0.39, 0.29) is 11.4 Å². The Kier molecular flexibility index (Phi) is 5.78. The van der Waals surface area contributed by atoms with Crippen molar-refractivity contribution >= 4 is 67.3 Å². The number of rotatable bonds is 5. The lowest BCUT2D eigenvalue weighted by atomic mass is 10.4. The van der Waals surface area contributed by atoms with E-state index in [2.05, 4.69) is 27.3 Å². The molecule has 1 heterocycles. The van der Waals surface area contributed by atoms with Crippen molar-refractivity contribution in [1.29, 1.82) is 0 Å². The molecule has 108 valence electrons. The Morgan fingerprint density at radius 2 is 2.10 bits per heavy atom. The summed E-state index contributed by atoms with van der Waals surface area (Å²) >= 11 is 11.2. The second-order valence-electron chi connectivity index (χ2n) is 3.83. The van der Waals surface area contributed by atoms with Crippen LogP contribution in [0.2, 0.25) is 5.02 Å². The highest BCUT2D eigenvalue weighted by Gasteiger charge is 2.15. The summed E-state index contributed by atoms with van der Waals surface area (Å²) in [6.07, 6.45) is 1.99. The maximum atomic E-state index is 12.2. The number of benzene rings is 1. The van der Waals surface area contributed by atoms with Crippen LogP contribution in [0.5, 0.6) is 0 Å². The predicted octanol–water partition coefficient (Wildman–Crippen LogP) is 4.21. The van der Waals surface area contributed by atoms with Crippen LogP contribution < -0.4 is 4.72 Å². The SMILES string of the molecule is CSc1ccc(CNS(=O)(=O)c2ccc(I)c(Cl)c2)s1. The van der Waals surface area contributed by atoms with Gasteiger partial charge in [0.05, 0.1) is 14.1 Å². The molecule has 20 heavy (non-hydrogen) atoms. The second kappa shape index (κ2) is 6.97. The molecule has 1 N–H and O–H groups in total.